The van der Waals surface area contributed by atoms with Crippen LogP contribution in [0, 0.1) is 23.7 Å². The van der Waals surface area contributed by atoms with Gasteiger partial charge in [-0.25, -0.2) is 0 Å². The van der Waals surface area contributed by atoms with E-state index in [0.717, 1.165) is 0 Å². The summed E-state index contributed by atoms with van der Waals surface area (Å²) in [6, 6.07) is -0.283. The molecule has 3 aliphatic heterocycles. The fourth-order valence-electron chi connectivity index (χ4n) is 8.58. The molecule has 0 aromatic rings. The Labute approximate surface area is 339 Å². The van der Waals surface area contributed by atoms with Crippen molar-refractivity contribution in [2.75, 3.05) is 28.3 Å². The predicted molar refractivity (Wildman–Crippen MR) is 198 cm³/mol. The van der Waals surface area contributed by atoms with Gasteiger partial charge in [0.05, 0.1) is 47.6 Å². The quantitative estimate of drug-likeness (QED) is 0.207. The number of hydrogen-bond donors (Lipinski definition) is 4. The maximum absolute atomic E-state index is 14.2. The number of rotatable bonds is 8. The molecule has 18 atom stereocenters. The maximum atomic E-state index is 14.2. The number of carbonyl (C=O) groups is 2. The minimum absolute atomic E-state index is 0. The zero-order valence-electron chi connectivity index (χ0n) is 33.9. The van der Waals surface area contributed by atoms with Crippen molar-refractivity contribution in [2.24, 2.45) is 23.7 Å². The summed E-state index contributed by atoms with van der Waals surface area (Å²) >= 11 is 0. The van der Waals surface area contributed by atoms with Crippen LogP contribution >= 0.6 is 0 Å². The fraction of sp³-hybridized carbons (Fsp3) is 0.947. The number of methoxy groups -OCH3 is 2. The van der Waals surface area contributed by atoms with Crippen molar-refractivity contribution in [3.8, 4) is 0 Å². The number of ketones is 1. The molecule has 3 heterocycles. The number of Topliss-reactive ketones (excluding diaryl/α,β-unsaturated/α-hetero) is 1. The van der Waals surface area contributed by atoms with E-state index in [0.29, 0.717) is 6.42 Å². The number of cyclic esters (lactones) is 1. The first-order valence-corrected chi connectivity index (χ1v) is 18.9. The second-order valence-electron chi connectivity index (χ2n) is 16.6. The molecule has 0 aliphatic carbocycles. The second kappa shape index (κ2) is 19.4. The first kappa shape index (κ1) is 48.8. The van der Waals surface area contributed by atoms with Gasteiger partial charge in [0.15, 0.2) is 12.6 Å². The molecule has 4 N–H and O–H groups in total. The monoisotopic (exact) mass is 771 g/mol. The van der Waals surface area contributed by atoms with E-state index in [1.165, 1.54) is 21.1 Å². The number of aliphatic hydroxyl groups excluding tert-OH is 3. The van der Waals surface area contributed by atoms with E-state index >= 15 is 0 Å². The normalized spacial score (nSPS) is 48.1. The summed E-state index contributed by atoms with van der Waals surface area (Å²) in [4.78, 5) is 30.1. The molecule has 306 valence electrons. The molecular weight excluding hydrogens is 701 g/mol. The van der Waals surface area contributed by atoms with Gasteiger partial charge < -0.3 is 58.5 Å². The topological polar surface area (TPSA) is 183 Å². The molecule has 0 radical (unpaired) electrons. The van der Waals surface area contributed by atoms with Gasteiger partial charge in [-0.3, -0.25) is 9.59 Å². The Bertz CT molecular complexity index is 1190. The van der Waals surface area contributed by atoms with E-state index in [4.69, 9.17) is 33.2 Å². The third-order valence-electron chi connectivity index (χ3n) is 12.3. The first-order chi connectivity index (χ1) is 24.0. The van der Waals surface area contributed by atoms with E-state index < -0.39 is 102 Å². The van der Waals surface area contributed by atoms with Gasteiger partial charge in [0.25, 0.3) is 0 Å². The van der Waals surface area contributed by atoms with Gasteiger partial charge in [-0.2, -0.15) is 0 Å². The molecule has 14 nitrogen and oxygen atoms in total. The molecule has 0 spiro atoms. The molecule has 3 saturated heterocycles. The number of ether oxygens (including phenoxy) is 7. The third-order valence-corrected chi connectivity index (χ3v) is 12.3. The van der Waals surface area contributed by atoms with Crippen LogP contribution in [0.15, 0.2) is 0 Å². The van der Waals surface area contributed by atoms with E-state index in [-0.39, 0.29) is 66.7 Å². The van der Waals surface area contributed by atoms with Crippen LogP contribution in [-0.4, -0.2) is 179 Å². The fourth-order valence-corrected chi connectivity index (χ4v) is 8.58. The van der Waals surface area contributed by atoms with E-state index in [1.807, 2.05) is 32.8 Å². The van der Waals surface area contributed by atoms with Crippen molar-refractivity contribution in [1.29, 1.82) is 0 Å². The average Bonchev–Trinajstić information content (AvgIpc) is 3.09. The van der Waals surface area contributed by atoms with Crippen LogP contribution in [0.25, 0.3) is 0 Å². The van der Waals surface area contributed by atoms with Gasteiger partial charge in [0.2, 0.25) is 0 Å². The zero-order valence-corrected chi connectivity index (χ0v) is 33.9. The number of hydrogen-bond acceptors (Lipinski definition) is 14. The number of aliphatic hydroxyl groups is 4. The first-order valence-electron chi connectivity index (χ1n) is 18.9. The van der Waals surface area contributed by atoms with Crippen LogP contribution in [0.5, 0.6) is 0 Å². The summed E-state index contributed by atoms with van der Waals surface area (Å²) in [6.45, 7) is 17.1. The van der Waals surface area contributed by atoms with Gasteiger partial charge in [-0.15, -0.1) is 0 Å². The van der Waals surface area contributed by atoms with Crippen molar-refractivity contribution in [2.45, 2.75) is 179 Å². The standard InChI is InChI=1S/C38H69NO13.Na.H/c1-15-26-38(10,45)31(42)21(4)28(40)19(2)17-37(9,47-14)33(52-35-29(41)25(39(11)12)16-20(3)48-35)22(5)30(23(6)34(44)50-26)51-27-18-36(8,46-13)32(43)24(7)49-27;;/h19-27,29-33,35,41-43,45H,15-18H2,1-14H3;;/t19-,20-,21+,22+,23-,24+,25+,26-,27+,29-,30+,31-,32+,33-,35+,36-,37-,38-;;/m1../s1. The number of esters is 1. The molecule has 0 unspecified atom stereocenters. The SMILES string of the molecule is CC[C@H]1OC(=O)[C@H](C)[C@@H](O[C@H]2C[C@@](C)(OC)[C@@H](O)[C@H](C)O2)[C@H](C)[C@@H](O[C@@H]2O[C@H](C)C[C@H](N(C)C)[C@H]2O)[C@](C)(OC)C[C@@H](C)C(=O)[C@H](C)[C@@H](O)[C@]1(C)O.[NaH]. The second-order valence-corrected chi connectivity index (χ2v) is 16.6. The molecule has 3 rings (SSSR count). The molecule has 0 saturated carbocycles. The van der Waals surface area contributed by atoms with Crippen LogP contribution in [0.1, 0.15) is 94.9 Å². The van der Waals surface area contributed by atoms with Gasteiger partial charge >= 0.3 is 35.5 Å². The number of carbonyl (C=O) groups excluding carboxylic acids is 2. The summed E-state index contributed by atoms with van der Waals surface area (Å²) in [5.41, 5.74) is -4.24. The Morgan fingerprint density at radius 1 is 0.849 bits per heavy atom. The Morgan fingerprint density at radius 2 is 1.43 bits per heavy atom. The van der Waals surface area contributed by atoms with Crippen molar-refractivity contribution in [1.82, 2.24) is 4.90 Å². The molecule has 0 aromatic carbocycles. The average molecular weight is 772 g/mol. The summed E-state index contributed by atoms with van der Waals surface area (Å²) in [6.07, 6.45) is -8.73. The molecule has 0 amide bonds. The van der Waals surface area contributed by atoms with Gasteiger partial charge in [0.1, 0.15) is 29.7 Å². The number of likely N-dealkylation sites (N-methyl/N-ethyl adjacent to an activating group) is 1. The van der Waals surface area contributed by atoms with Crippen LogP contribution in [-0.2, 0) is 42.7 Å². The van der Waals surface area contributed by atoms with E-state index in [2.05, 4.69) is 0 Å². The Morgan fingerprint density at radius 3 is 1.96 bits per heavy atom. The van der Waals surface area contributed by atoms with Crippen molar-refractivity contribution < 1.29 is 63.2 Å². The molecule has 53 heavy (non-hydrogen) atoms. The Hall–Kier alpha value is -0.300. The molecule has 0 aromatic heterocycles. The molecular formula is C38H70NNaO13. The van der Waals surface area contributed by atoms with Crippen molar-refractivity contribution in [3.63, 3.8) is 0 Å². The summed E-state index contributed by atoms with van der Waals surface area (Å²) in [7, 11) is 6.77. The van der Waals surface area contributed by atoms with Crippen molar-refractivity contribution >= 4 is 41.3 Å². The van der Waals surface area contributed by atoms with Crippen molar-refractivity contribution in [3.05, 3.63) is 0 Å². The molecule has 3 fully saturated rings. The Balaban J connectivity index is 0.00000972. The predicted octanol–water partition coefficient (Wildman–Crippen LogP) is 1.79. The Kier molecular flexibility index (Phi) is 17.9. The van der Waals surface area contributed by atoms with E-state index in [1.54, 1.807) is 48.5 Å². The van der Waals surface area contributed by atoms with Crippen LogP contribution in [0.2, 0.25) is 0 Å². The summed E-state index contributed by atoms with van der Waals surface area (Å²) in [5, 5.41) is 45.6. The molecule has 3 aliphatic rings. The number of nitrogens with zero attached hydrogens (tertiary/aromatic N) is 1. The van der Waals surface area contributed by atoms with Crippen LogP contribution in [0.4, 0.5) is 0 Å². The third kappa shape index (κ3) is 10.6. The molecule has 0 bridgehead atoms. The van der Waals surface area contributed by atoms with Gasteiger partial charge in [-0.05, 0) is 74.9 Å². The minimum atomic E-state index is -1.96. The zero-order chi connectivity index (χ0) is 39.7. The van der Waals surface area contributed by atoms with Gasteiger partial charge in [0, 0.05) is 44.4 Å². The summed E-state index contributed by atoms with van der Waals surface area (Å²) < 4.78 is 43.9. The molecule has 15 heteroatoms. The van der Waals surface area contributed by atoms with Crippen LogP contribution < -0.4 is 0 Å². The van der Waals surface area contributed by atoms with Crippen LogP contribution in [0.3, 0.4) is 0 Å². The van der Waals surface area contributed by atoms with Gasteiger partial charge in [-0.1, -0.05) is 27.7 Å². The summed E-state index contributed by atoms with van der Waals surface area (Å²) in [5.74, 6) is -4.47. The van der Waals surface area contributed by atoms with E-state index in [9.17, 15) is 30.0 Å².